The largest absolute Gasteiger partial charge is 0.507 e. The zero-order chi connectivity index (χ0) is 19.4. The van der Waals surface area contributed by atoms with Crippen LogP contribution < -0.4 is 15.4 Å². The Bertz CT molecular complexity index is 861. The lowest BCUT2D eigenvalue weighted by Crippen LogP contribution is -2.35. The van der Waals surface area contributed by atoms with Crippen molar-refractivity contribution in [3.8, 4) is 11.5 Å². The van der Waals surface area contributed by atoms with Gasteiger partial charge in [0.1, 0.15) is 24.2 Å². The van der Waals surface area contributed by atoms with Crippen LogP contribution in [0.4, 0.5) is 5.69 Å². The number of aliphatic hydroxyl groups excluding tert-OH is 1. The lowest BCUT2D eigenvalue weighted by Gasteiger charge is -2.16. The lowest BCUT2D eigenvalue weighted by atomic mass is 10.0. The number of rotatable bonds is 7. The molecular weight excluding hydrogens is 344 g/mol. The van der Waals surface area contributed by atoms with E-state index >= 15 is 0 Å². The number of amides is 1. The predicted molar refractivity (Wildman–Crippen MR) is 106 cm³/mol. The maximum absolute atomic E-state index is 12.4. The summed E-state index contributed by atoms with van der Waals surface area (Å²) in [6, 6.07) is 12.4. The number of nitrogens with one attached hydrogen (secondary N) is 2. The fraction of sp³-hybridized carbons (Fsp3) is 0.286. The minimum Gasteiger partial charge on any atom is -0.507 e. The number of phenolic OH excluding ortho intramolecular Hbond substituents is 1. The topological polar surface area (TPSA) is 90.8 Å². The van der Waals surface area contributed by atoms with Crippen LogP contribution in [-0.2, 0) is 4.79 Å². The van der Waals surface area contributed by atoms with Crippen LogP contribution >= 0.6 is 0 Å². The molecule has 142 valence electrons. The molecule has 2 aromatic rings. The van der Waals surface area contributed by atoms with Gasteiger partial charge in [-0.25, -0.2) is 0 Å². The Morgan fingerprint density at radius 2 is 1.96 bits per heavy atom. The van der Waals surface area contributed by atoms with Gasteiger partial charge in [0, 0.05) is 18.2 Å². The number of aliphatic hydroxyl groups is 1. The summed E-state index contributed by atoms with van der Waals surface area (Å²) in [5.74, 6) is 0.349. The summed E-state index contributed by atoms with van der Waals surface area (Å²) in [5.41, 5.74) is 2.24. The quantitative estimate of drug-likeness (QED) is 0.564. The normalized spacial score (nSPS) is 15.7. The highest BCUT2D eigenvalue weighted by atomic mass is 16.5. The monoisotopic (exact) mass is 368 g/mol. The minimum absolute atomic E-state index is 0.0971. The van der Waals surface area contributed by atoms with Crippen LogP contribution in [0.15, 0.2) is 42.5 Å². The van der Waals surface area contributed by atoms with Crippen LogP contribution in [0.3, 0.4) is 0 Å². The molecule has 1 amide bonds. The van der Waals surface area contributed by atoms with Gasteiger partial charge in [-0.1, -0.05) is 38.1 Å². The minimum atomic E-state index is -0.668. The van der Waals surface area contributed by atoms with Crippen molar-refractivity contribution in [2.45, 2.75) is 26.0 Å². The Kier molecular flexibility index (Phi) is 5.78. The summed E-state index contributed by atoms with van der Waals surface area (Å²) in [6.45, 7) is 4.54. The first-order valence-corrected chi connectivity index (χ1v) is 8.94. The molecule has 4 N–H and O–H groups in total. The second-order valence-electron chi connectivity index (χ2n) is 6.78. The fourth-order valence-corrected chi connectivity index (χ4v) is 2.86. The van der Waals surface area contributed by atoms with E-state index in [9.17, 15) is 15.0 Å². The first-order valence-electron chi connectivity index (χ1n) is 8.94. The van der Waals surface area contributed by atoms with Gasteiger partial charge in [0.25, 0.3) is 5.91 Å². The maximum atomic E-state index is 12.4. The zero-order valence-electron chi connectivity index (χ0n) is 15.4. The Labute approximate surface area is 158 Å². The van der Waals surface area contributed by atoms with Gasteiger partial charge in [-0.3, -0.25) is 4.79 Å². The molecule has 0 aromatic heterocycles. The molecule has 0 aliphatic carbocycles. The molecule has 6 heteroatoms. The van der Waals surface area contributed by atoms with Crippen molar-refractivity contribution in [1.29, 1.82) is 0 Å². The highest BCUT2D eigenvalue weighted by Gasteiger charge is 2.28. The maximum Gasteiger partial charge on any atom is 0.256 e. The second-order valence-corrected chi connectivity index (χ2v) is 6.78. The predicted octanol–water partition coefficient (Wildman–Crippen LogP) is 2.62. The zero-order valence-corrected chi connectivity index (χ0v) is 15.4. The summed E-state index contributed by atoms with van der Waals surface area (Å²) >= 11 is 0. The van der Waals surface area contributed by atoms with Crippen molar-refractivity contribution >= 4 is 23.2 Å². The van der Waals surface area contributed by atoms with E-state index in [0.717, 1.165) is 0 Å². The third-order valence-electron chi connectivity index (χ3n) is 4.22. The molecule has 1 atom stereocenters. The number of carbonyl (C=O) groups is 1. The number of benzene rings is 2. The molecule has 1 heterocycles. The fourth-order valence-electron chi connectivity index (χ4n) is 2.86. The number of ether oxygens (including phenoxy) is 1. The standard InChI is InChI=1S/C21H24N2O4/c1-13(2)22-11-15(24)12-27-19-9-5-7-17-20(19)16(21(26)23-17)10-14-6-3-4-8-18(14)25/h3-10,13,15,22,24-25H,11-12H2,1-2H3,(H,23,26). The third-order valence-corrected chi connectivity index (χ3v) is 4.22. The molecule has 0 spiro atoms. The van der Waals surface area contributed by atoms with Crippen molar-refractivity contribution in [1.82, 2.24) is 5.32 Å². The average Bonchev–Trinajstić information content (AvgIpc) is 2.96. The molecule has 1 unspecified atom stereocenters. The highest BCUT2D eigenvalue weighted by molar-refractivity contribution is 6.35. The van der Waals surface area contributed by atoms with Gasteiger partial charge in [-0.05, 0) is 24.3 Å². The van der Waals surface area contributed by atoms with E-state index < -0.39 is 6.10 Å². The number of hydrogen-bond donors (Lipinski definition) is 4. The molecule has 3 rings (SSSR count). The van der Waals surface area contributed by atoms with Crippen LogP contribution in [-0.4, -0.2) is 41.4 Å². The van der Waals surface area contributed by atoms with Gasteiger partial charge in [0.2, 0.25) is 0 Å². The van der Waals surface area contributed by atoms with E-state index in [2.05, 4.69) is 10.6 Å². The summed E-state index contributed by atoms with van der Waals surface area (Å²) in [4.78, 5) is 12.4. The summed E-state index contributed by atoms with van der Waals surface area (Å²) in [5, 5.41) is 26.1. The number of anilines is 1. The Morgan fingerprint density at radius 1 is 1.19 bits per heavy atom. The van der Waals surface area contributed by atoms with E-state index in [0.29, 0.717) is 34.7 Å². The van der Waals surface area contributed by atoms with Gasteiger partial charge >= 0.3 is 0 Å². The molecule has 0 saturated heterocycles. The van der Waals surface area contributed by atoms with Crippen molar-refractivity contribution in [3.63, 3.8) is 0 Å². The smallest absolute Gasteiger partial charge is 0.256 e. The Hall–Kier alpha value is -2.83. The van der Waals surface area contributed by atoms with Gasteiger partial charge in [-0.15, -0.1) is 0 Å². The summed E-state index contributed by atoms with van der Waals surface area (Å²) in [6.07, 6.45) is 0.971. The number of carbonyl (C=O) groups excluding carboxylic acids is 1. The molecule has 27 heavy (non-hydrogen) atoms. The van der Waals surface area contributed by atoms with Gasteiger partial charge in [-0.2, -0.15) is 0 Å². The molecule has 0 fully saturated rings. The molecule has 6 nitrogen and oxygen atoms in total. The van der Waals surface area contributed by atoms with Crippen LogP contribution in [0.5, 0.6) is 11.5 Å². The second kappa shape index (κ2) is 8.24. The number of hydrogen-bond acceptors (Lipinski definition) is 5. The van der Waals surface area contributed by atoms with E-state index in [4.69, 9.17) is 4.74 Å². The molecule has 2 aromatic carbocycles. The van der Waals surface area contributed by atoms with Gasteiger partial charge in [0.05, 0.1) is 16.8 Å². The van der Waals surface area contributed by atoms with E-state index in [1.807, 2.05) is 13.8 Å². The van der Waals surface area contributed by atoms with Crippen molar-refractivity contribution in [2.75, 3.05) is 18.5 Å². The average molecular weight is 368 g/mol. The molecule has 0 radical (unpaired) electrons. The summed E-state index contributed by atoms with van der Waals surface area (Å²) < 4.78 is 5.80. The highest BCUT2D eigenvalue weighted by Crippen LogP contribution is 2.40. The van der Waals surface area contributed by atoms with Crippen molar-refractivity contribution < 1.29 is 19.7 Å². The number of para-hydroxylation sites is 1. The van der Waals surface area contributed by atoms with E-state index in [1.54, 1.807) is 48.5 Å². The van der Waals surface area contributed by atoms with Gasteiger partial charge < -0.3 is 25.6 Å². The SMILES string of the molecule is CC(C)NCC(O)COc1cccc2c1C(=Cc1ccccc1O)C(=O)N2. The van der Waals surface area contributed by atoms with Crippen LogP contribution in [0.2, 0.25) is 0 Å². The Balaban J connectivity index is 1.85. The molecular formula is C21H24N2O4. The van der Waals surface area contributed by atoms with Crippen LogP contribution in [0, 0.1) is 0 Å². The van der Waals surface area contributed by atoms with Crippen LogP contribution in [0.25, 0.3) is 11.6 Å². The first kappa shape index (κ1) is 18.9. The van der Waals surface area contributed by atoms with E-state index in [1.165, 1.54) is 0 Å². The lowest BCUT2D eigenvalue weighted by molar-refractivity contribution is -0.110. The molecule has 0 saturated carbocycles. The number of phenols is 1. The Morgan fingerprint density at radius 3 is 2.70 bits per heavy atom. The van der Waals surface area contributed by atoms with Crippen LogP contribution in [0.1, 0.15) is 25.0 Å². The van der Waals surface area contributed by atoms with Gasteiger partial charge in [0.15, 0.2) is 0 Å². The molecule has 0 bridgehead atoms. The molecule has 1 aliphatic rings. The molecule has 1 aliphatic heterocycles. The number of aromatic hydroxyl groups is 1. The van der Waals surface area contributed by atoms with Crippen molar-refractivity contribution in [3.05, 3.63) is 53.6 Å². The number of fused-ring (bicyclic) bond motifs is 1. The summed E-state index contributed by atoms with van der Waals surface area (Å²) in [7, 11) is 0. The first-order chi connectivity index (χ1) is 13.0. The van der Waals surface area contributed by atoms with E-state index in [-0.39, 0.29) is 24.3 Å². The third kappa shape index (κ3) is 4.48. The van der Waals surface area contributed by atoms with Crippen molar-refractivity contribution in [2.24, 2.45) is 0 Å².